The number of aromatic nitrogens is 1. The summed E-state index contributed by atoms with van der Waals surface area (Å²) in [5.74, 6) is 1.40. The van der Waals surface area contributed by atoms with Gasteiger partial charge in [-0.1, -0.05) is 23.5 Å². The van der Waals surface area contributed by atoms with E-state index in [9.17, 15) is 13.2 Å². The van der Waals surface area contributed by atoms with Gasteiger partial charge in [0.2, 0.25) is 0 Å². The van der Waals surface area contributed by atoms with Crippen LogP contribution in [0, 0.1) is 0 Å². The van der Waals surface area contributed by atoms with Crippen molar-refractivity contribution in [2.75, 3.05) is 24.7 Å². The maximum Gasteiger partial charge on any atom is 0.427 e. The first-order valence-corrected chi connectivity index (χ1v) is 8.54. The van der Waals surface area contributed by atoms with E-state index in [0.29, 0.717) is 47.7 Å². The molecule has 1 atom stereocenters. The van der Waals surface area contributed by atoms with Crippen molar-refractivity contribution in [2.24, 2.45) is 0 Å². The highest BCUT2D eigenvalue weighted by atomic mass is 32.1. The summed E-state index contributed by atoms with van der Waals surface area (Å²) in [7, 11) is 0. The van der Waals surface area contributed by atoms with Crippen LogP contribution >= 0.6 is 11.3 Å². The van der Waals surface area contributed by atoms with E-state index in [1.165, 1.54) is 0 Å². The first-order valence-electron chi connectivity index (χ1n) is 7.72. The van der Waals surface area contributed by atoms with Crippen LogP contribution in [0.1, 0.15) is 29.3 Å². The molecule has 0 spiro atoms. The fourth-order valence-corrected chi connectivity index (χ4v) is 4.07. The van der Waals surface area contributed by atoms with Gasteiger partial charge in [0.05, 0.1) is 12.2 Å². The van der Waals surface area contributed by atoms with Crippen molar-refractivity contribution in [1.29, 1.82) is 0 Å². The molecule has 0 bridgehead atoms. The average molecular weight is 356 g/mol. The number of halogens is 3. The second-order valence-electron chi connectivity index (χ2n) is 5.73. The van der Waals surface area contributed by atoms with Crippen LogP contribution in [0.25, 0.3) is 0 Å². The molecule has 128 valence electrons. The third-order valence-electron chi connectivity index (χ3n) is 4.23. The average Bonchev–Trinajstić information content (AvgIpc) is 3.22. The fourth-order valence-electron chi connectivity index (χ4n) is 3.21. The first-order chi connectivity index (χ1) is 11.5. The summed E-state index contributed by atoms with van der Waals surface area (Å²) >= 11 is 0.691. The van der Waals surface area contributed by atoms with Gasteiger partial charge in [0.15, 0.2) is 16.6 Å². The molecule has 4 nitrogen and oxygen atoms in total. The molecule has 3 heterocycles. The van der Waals surface area contributed by atoms with Crippen molar-refractivity contribution in [2.45, 2.75) is 25.1 Å². The molecule has 24 heavy (non-hydrogen) atoms. The van der Waals surface area contributed by atoms with Gasteiger partial charge >= 0.3 is 6.18 Å². The lowest BCUT2D eigenvalue weighted by atomic mass is 10.0. The Bertz CT molecular complexity index is 747. The molecule has 0 N–H and O–H groups in total. The second kappa shape index (κ2) is 5.84. The molecule has 2 aromatic rings. The van der Waals surface area contributed by atoms with Crippen molar-refractivity contribution < 1.29 is 22.6 Å². The second-order valence-corrected chi connectivity index (χ2v) is 6.74. The van der Waals surface area contributed by atoms with E-state index in [-0.39, 0.29) is 6.04 Å². The van der Waals surface area contributed by atoms with Gasteiger partial charge in [0.1, 0.15) is 18.1 Å². The minimum absolute atomic E-state index is 0.0473. The fraction of sp³-hybridized carbons (Fsp3) is 0.438. The Morgan fingerprint density at radius 2 is 2.04 bits per heavy atom. The van der Waals surface area contributed by atoms with Crippen LogP contribution in [-0.2, 0) is 6.18 Å². The summed E-state index contributed by atoms with van der Waals surface area (Å²) < 4.78 is 49.9. The van der Waals surface area contributed by atoms with Gasteiger partial charge in [-0.15, -0.1) is 0 Å². The Balaban J connectivity index is 1.68. The smallest absolute Gasteiger partial charge is 0.427 e. The molecular formula is C16H15F3N2O2S. The number of anilines is 1. The Hall–Kier alpha value is -1.96. The third-order valence-corrected chi connectivity index (χ3v) is 5.31. The highest BCUT2D eigenvalue weighted by molar-refractivity contribution is 7.15. The normalized spacial score (nSPS) is 20.5. The number of nitrogens with zero attached hydrogens (tertiary/aromatic N) is 2. The van der Waals surface area contributed by atoms with Crippen molar-refractivity contribution in [3.8, 4) is 11.5 Å². The Morgan fingerprint density at radius 3 is 2.83 bits per heavy atom. The number of thiazole rings is 1. The largest absolute Gasteiger partial charge is 0.486 e. The molecule has 0 amide bonds. The Kier molecular flexibility index (Phi) is 3.79. The van der Waals surface area contributed by atoms with Crippen LogP contribution in [0.2, 0.25) is 0 Å². The lowest BCUT2D eigenvalue weighted by molar-refractivity contribution is -0.134. The van der Waals surface area contributed by atoms with Gasteiger partial charge in [-0.05, 0) is 18.9 Å². The van der Waals surface area contributed by atoms with Crippen molar-refractivity contribution in [3.05, 3.63) is 34.8 Å². The number of hydrogen-bond acceptors (Lipinski definition) is 5. The quantitative estimate of drug-likeness (QED) is 0.805. The van der Waals surface area contributed by atoms with Gasteiger partial charge < -0.3 is 14.4 Å². The summed E-state index contributed by atoms with van der Waals surface area (Å²) in [6.07, 6.45) is -1.69. The minimum atomic E-state index is -4.35. The topological polar surface area (TPSA) is 34.6 Å². The molecular weight excluding hydrogens is 341 g/mol. The lowest BCUT2D eigenvalue weighted by Gasteiger charge is -2.28. The number of fused-ring (bicyclic) bond motifs is 1. The van der Waals surface area contributed by atoms with Crippen LogP contribution in [0.3, 0.4) is 0 Å². The number of alkyl halides is 3. The van der Waals surface area contributed by atoms with Gasteiger partial charge in [0, 0.05) is 12.1 Å². The molecule has 0 aliphatic carbocycles. The van der Waals surface area contributed by atoms with E-state index >= 15 is 0 Å². The van der Waals surface area contributed by atoms with Crippen molar-refractivity contribution >= 4 is 16.5 Å². The third kappa shape index (κ3) is 2.68. The molecule has 1 aromatic carbocycles. The monoisotopic (exact) mass is 356 g/mol. The van der Waals surface area contributed by atoms with Gasteiger partial charge in [-0.2, -0.15) is 13.2 Å². The maximum absolute atomic E-state index is 12.8. The van der Waals surface area contributed by atoms with E-state index in [1.807, 2.05) is 23.1 Å². The molecule has 4 rings (SSSR count). The highest BCUT2D eigenvalue weighted by Gasteiger charge is 2.36. The van der Waals surface area contributed by atoms with Crippen molar-refractivity contribution in [3.63, 3.8) is 0 Å². The highest BCUT2D eigenvalue weighted by Crippen LogP contribution is 2.46. The summed E-state index contributed by atoms with van der Waals surface area (Å²) in [5, 5.41) is 0.402. The van der Waals surface area contributed by atoms with E-state index < -0.39 is 11.1 Å². The summed E-state index contributed by atoms with van der Waals surface area (Å²) in [6, 6.07) is 5.65. The van der Waals surface area contributed by atoms with Gasteiger partial charge in [0.25, 0.3) is 0 Å². The summed E-state index contributed by atoms with van der Waals surface area (Å²) in [4.78, 5) is 5.27. The number of rotatable bonds is 2. The number of hydrogen-bond donors (Lipinski definition) is 0. The summed E-state index contributed by atoms with van der Waals surface area (Å²) in [5.41, 5.74) is 0.952. The molecule has 1 aromatic heterocycles. The van der Waals surface area contributed by atoms with Gasteiger partial charge in [-0.25, -0.2) is 4.98 Å². The zero-order valence-corrected chi connectivity index (χ0v) is 13.5. The van der Waals surface area contributed by atoms with Crippen LogP contribution in [0.4, 0.5) is 18.3 Å². The number of para-hydroxylation sites is 1. The van der Waals surface area contributed by atoms with Gasteiger partial charge in [-0.3, -0.25) is 0 Å². The standard InChI is InChI=1S/C16H15F3N2O2S/c17-16(18,19)13-9-20-15(24-13)21-6-2-4-11(21)10-3-1-5-12-14(10)23-8-7-22-12/h1,3,5,9,11H,2,4,6-8H2. The molecule has 8 heteroatoms. The first kappa shape index (κ1) is 15.6. The van der Waals surface area contributed by atoms with E-state index in [0.717, 1.165) is 24.6 Å². The number of benzene rings is 1. The minimum Gasteiger partial charge on any atom is -0.486 e. The van der Waals surface area contributed by atoms with Crippen LogP contribution in [-0.4, -0.2) is 24.7 Å². The zero-order chi connectivity index (χ0) is 16.7. The van der Waals surface area contributed by atoms with Crippen LogP contribution in [0.15, 0.2) is 24.4 Å². The van der Waals surface area contributed by atoms with E-state index in [4.69, 9.17) is 9.47 Å². The zero-order valence-electron chi connectivity index (χ0n) is 12.7. The molecule has 0 radical (unpaired) electrons. The molecule has 2 aliphatic rings. The Morgan fingerprint density at radius 1 is 1.21 bits per heavy atom. The predicted octanol–water partition coefficient (Wildman–Crippen LogP) is 4.27. The maximum atomic E-state index is 12.8. The van der Waals surface area contributed by atoms with Crippen LogP contribution in [0.5, 0.6) is 11.5 Å². The molecule has 0 saturated carbocycles. The van der Waals surface area contributed by atoms with Crippen molar-refractivity contribution in [1.82, 2.24) is 4.98 Å². The summed E-state index contributed by atoms with van der Waals surface area (Å²) in [6.45, 7) is 1.67. The Labute approximate surface area is 140 Å². The lowest BCUT2D eigenvalue weighted by Crippen LogP contribution is -2.24. The molecule has 1 saturated heterocycles. The number of ether oxygens (including phenoxy) is 2. The van der Waals surface area contributed by atoms with E-state index in [1.54, 1.807) is 0 Å². The predicted molar refractivity (Wildman–Crippen MR) is 83.9 cm³/mol. The molecule has 2 aliphatic heterocycles. The van der Waals surface area contributed by atoms with Crippen LogP contribution < -0.4 is 14.4 Å². The van der Waals surface area contributed by atoms with E-state index in [2.05, 4.69) is 4.98 Å². The molecule has 1 fully saturated rings. The SMILES string of the molecule is FC(F)(F)c1cnc(N2CCCC2c2cccc3c2OCCO3)s1. The molecule has 1 unspecified atom stereocenters.